The lowest BCUT2D eigenvalue weighted by molar-refractivity contribution is -0.121. The molecule has 0 bridgehead atoms. The van der Waals surface area contributed by atoms with Gasteiger partial charge in [0.25, 0.3) is 0 Å². The maximum Gasteiger partial charge on any atom is 0.123 e. The van der Waals surface area contributed by atoms with Crippen molar-refractivity contribution >= 4 is 0 Å². The van der Waals surface area contributed by atoms with E-state index in [-0.39, 0.29) is 11.5 Å². The van der Waals surface area contributed by atoms with E-state index >= 15 is 0 Å². The van der Waals surface area contributed by atoms with E-state index in [1.165, 1.54) is 5.56 Å². The van der Waals surface area contributed by atoms with Gasteiger partial charge in [-0.3, -0.25) is 0 Å². The summed E-state index contributed by atoms with van der Waals surface area (Å²) in [5, 5.41) is 0. The lowest BCUT2D eigenvalue weighted by atomic mass is 9.75. The van der Waals surface area contributed by atoms with Gasteiger partial charge in [0.05, 0.1) is 20.3 Å². The van der Waals surface area contributed by atoms with Crippen molar-refractivity contribution in [3.05, 3.63) is 29.3 Å². The molecule has 2 rings (SSSR count). The maximum atomic E-state index is 6.41. The molecule has 1 aromatic rings. The Kier molecular flexibility index (Phi) is 3.90. The molecular weight excluding hydrogens is 228 g/mol. The summed E-state index contributed by atoms with van der Waals surface area (Å²) in [6, 6.07) is 6.04. The van der Waals surface area contributed by atoms with E-state index in [1.807, 2.05) is 6.07 Å². The van der Waals surface area contributed by atoms with Gasteiger partial charge in [-0.05, 0) is 18.1 Å². The van der Waals surface area contributed by atoms with E-state index in [2.05, 4.69) is 19.1 Å². The van der Waals surface area contributed by atoms with Crippen LogP contribution in [-0.2, 0) is 11.2 Å². The molecule has 0 aromatic heterocycles. The van der Waals surface area contributed by atoms with E-state index < -0.39 is 0 Å². The minimum absolute atomic E-state index is 0.139. The predicted octanol–water partition coefficient (Wildman–Crippen LogP) is 1.23. The number of nitrogens with two attached hydrogens (primary N) is 2. The van der Waals surface area contributed by atoms with Gasteiger partial charge in [0.1, 0.15) is 5.75 Å². The van der Waals surface area contributed by atoms with Crippen LogP contribution in [0.5, 0.6) is 5.75 Å². The van der Waals surface area contributed by atoms with Gasteiger partial charge in [0, 0.05) is 23.6 Å². The van der Waals surface area contributed by atoms with Crippen LogP contribution in [0.2, 0.25) is 0 Å². The molecule has 0 aliphatic carbocycles. The fraction of sp³-hybridized carbons (Fsp3) is 0.571. The average Bonchev–Trinajstić information content (AvgIpc) is 2.37. The Balaban J connectivity index is 2.35. The number of methoxy groups -OCH3 is 1. The fourth-order valence-electron chi connectivity index (χ4n) is 2.37. The maximum absolute atomic E-state index is 6.41. The topological polar surface area (TPSA) is 70.5 Å². The minimum atomic E-state index is -0.141. The van der Waals surface area contributed by atoms with Crippen molar-refractivity contribution in [3.8, 4) is 5.75 Å². The molecule has 1 aliphatic heterocycles. The smallest absolute Gasteiger partial charge is 0.123 e. The molecule has 4 heteroatoms. The number of rotatable bonds is 5. The van der Waals surface area contributed by atoms with Crippen LogP contribution in [0.4, 0.5) is 0 Å². The molecular formula is C14H22N2O2. The van der Waals surface area contributed by atoms with E-state index in [9.17, 15) is 0 Å². The van der Waals surface area contributed by atoms with Crippen molar-refractivity contribution < 1.29 is 9.47 Å². The predicted molar refractivity (Wildman–Crippen MR) is 71.6 cm³/mol. The fourth-order valence-corrected chi connectivity index (χ4v) is 2.37. The number of hydrogen-bond acceptors (Lipinski definition) is 4. The summed E-state index contributed by atoms with van der Waals surface area (Å²) < 4.78 is 10.7. The Morgan fingerprint density at radius 1 is 1.44 bits per heavy atom. The largest absolute Gasteiger partial charge is 0.496 e. The molecule has 0 saturated carbocycles. The summed E-state index contributed by atoms with van der Waals surface area (Å²) in [6.45, 7) is 3.92. The number of benzene rings is 1. The van der Waals surface area contributed by atoms with Gasteiger partial charge in [0.2, 0.25) is 0 Å². The van der Waals surface area contributed by atoms with Crippen LogP contribution >= 0.6 is 0 Å². The van der Waals surface area contributed by atoms with Crippen molar-refractivity contribution in [2.75, 3.05) is 26.9 Å². The highest BCUT2D eigenvalue weighted by atomic mass is 16.5. The van der Waals surface area contributed by atoms with Gasteiger partial charge in [-0.25, -0.2) is 0 Å². The monoisotopic (exact) mass is 250 g/mol. The number of aryl methyl sites for hydroxylation is 1. The van der Waals surface area contributed by atoms with Crippen LogP contribution in [0.3, 0.4) is 0 Å². The number of hydrogen-bond donors (Lipinski definition) is 2. The third-order valence-electron chi connectivity index (χ3n) is 3.88. The van der Waals surface area contributed by atoms with Crippen molar-refractivity contribution in [3.63, 3.8) is 0 Å². The third kappa shape index (κ3) is 2.11. The summed E-state index contributed by atoms with van der Waals surface area (Å²) in [5.74, 6) is 0.833. The van der Waals surface area contributed by atoms with Gasteiger partial charge in [-0.2, -0.15) is 0 Å². The first-order valence-corrected chi connectivity index (χ1v) is 6.37. The second kappa shape index (κ2) is 5.26. The van der Waals surface area contributed by atoms with E-state index in [0.29, 0.717) is 19.8 Å². The van der Waals surface area contributed by atoms with Crippen LogP contribution in [0.1, 0.15) is 24.1 Å². The zero-order valence-electron chi connectivity index (χ0n) is 11.1. The van der Waals surface area contributed by atoms with Gasteiger partial charge in [0.15, 0.2) is 0 Å². The van der Waals surface area contributed by atoms with Crippen molar-refractivity contribution in [2.24, 2.45) is 16.9 Å². The summed E-state index contributed by atoms with van der Waals surface area (Å²) >= 11 is 0. The van der Waals surface area contributed by atoms with Crippen molar-refractivity contribution in [1.82, 2.24) is 0 Å². The van der Waals surface area contributed by atoms with Crippen LogP contribution < -0.4 is 16.2 Å². The SMILES string of the molecule is CCc1ccc(OC)c(C(N)C2(CN)COC2)c1. The summed E-state index contributed by atoms with van der Waals surface area (Å²) in [4.78, 5) is 0. The third-order valence-corrected chi connectivity index (χ3v) is 3.88. The summed E-state index contributed by atoms with van der Waals surface area (Å²) in [7, 11) is 1.67. The average molecular weight is 250 g/mol. The molecule has 0 radical (unpaired) electrons. The summed E-state index contributed by atoms with van der Waals surface area (Å²) in [5.41, 5.74) is 14.4. The second-order valence-electron chi connectivity index (χ2n) is 4.97. The molecule has 1 aliphatic rings. The van der Waals surface area contributed by atoms with Crippen LogP contribution in [0.25, 0.3) is 0 Å². The van der Waals surface area contributed by atoms with Crippen molar-refractivity contribution in [1.29, 1.82) is 0 Å². The molecule has 1 heterocycles. The van der Waals surface area contributed by atoms with E-state index in [4.69, 9.17) is 20.9 Å². The zero-order chi connectivity index (χ0) is 13.2. The lowest BCUT2D eigenvalue weighted by Gasteiger charge is -2.45. The van der Waals surface area contributed by atoms with Crippen LogP contribution in [-0.4, -0.2) is 26.9 Å². The number of ether oxygens (including phenoxy) is 2. The molecule has 1 aromatic carbocycles. The molecule has 1 saturated heterocycles. The zero-order valence-corrected chi connectivity index (χ0v) is 11.1. The normalized spacial score (nSPS) is 19.1. The Bertz CT molecular complexity index is 411. The standard InChI is InChI=1S/C14H22N2O2/c1-3-10-4-5-12(17-2)11(6-10)13(16)14(7-15)8-18-9-14/h4-6,13H,3,7-9,15-16H2,1-2H3. The van der Waals surface area contributed by atoms with Gasteiger partial charge in [-0.1, -0.05) is 19.1 Å². The van der Waals surface area contributed by atoms with Gasteiger partial charge in [-0.15, -0.1) is 0 Å². The molecule has 18 heavy (non-hydrogen) atoms. The van der Waals surface area contributed by atoms with Gasteiger partial charge < -0.3 is 20.9 Å². The quantitative estimate of drug-likeness (QED) is 0.824. The lowest BCUT2D eigenvalue weighted by Crippen LogP contribution is -2.55. The second-order valence-corrected chi connectivity index (χ2v) is 4.97. The van der Waals surface area contributed by atoms with Crippen LogP contribution in [0, 0.1) is 5.41 Å². The molecule has 4 N–H and O–H groups in total. The Morgan fingerprint density at radius 2 is 2.17 bits per heavy atom. The molecule has 4 nitrogen and oxygen atoms in total. The molecule has 0 amide bonds. The first kappa shape index (κ1) is 13.3. The van der Waals surface area contributed by atoms with Crippen LogP contribution in [0.15, 0.2) is 18.2 Å². The Labute approximate surface area is 108 Å². The highest BCUT2D eigenvalue weighted by Crippen LogP contribution is 2.41. The molecule has 1 unspecified atom stereocenters. The molecule has 1 fully saturated rings. The van der Waals surface area contributed by atoms with E-state index in [0.717, 1.165) is 17.7 Å². The van der Waals surface area contributed by atoms with Gasteiger partial charge >= 0.3 is 0 Å². The molecule has 100 valence electrons. The molecule has 1 atom stereocenters. The highest BCUT2D eigenvalue weighted by molar-refractivity contribution is 5.40. The first-order valence-electron chi connectivity index (χ1n) is 6.37. The minimum Gasteiger partial charge on any atom is -0.496 e. The first-order chi connectivity index (χ1) is 8.66. The highest BCUT2D eigenvalue weighted by Gasteiger charge is 2.44. The summed E-state index contributed by atoms with van der Waals surface area (Å²) in [6.07, 6.45) is 0.982. The van der Waals surface area contributed by atoms with Crippen molar-refractivity contribution in [2.45, 2.75) is 19.4 Å². The molecule has 0 spiro atoms. The Hall–Kier alpha value is -1.10. The van der Waals surface area contributed by atoms with E-state index in [1.54, 1.807) is 7.11 Å². The Morgan fingerprint density at radius 3 is 2.61 bits per heavy atom.